The standard InChI is InChI=1S/C27H36N2O3/c1-20(2)24-16-10-11-17-25(24)32-19-26(30)29(18-22-12-6-4-7-13-22)21(3)27(31)28-23-14-8-5-9-15-23/h4,6-7,10-13,16-17,20-21,23H,5,8-9,14-15,18-19H2,1-3H3,(H,28,31). The van der Waals surface area contributed by atoms with Crippen molar-refractivity contribution in [3.63, 3.8) is 0 Å². The highest BCUT2D eigenvalue weighted by atomic mass is 16.5. The normalized spacial score (nSPS) is 15.2. The van der Waals surface area contributed by atoms with Crippen molar-refractivity contribution in [3.8, 4) is 5.75 Å². The average Bonchev–Trinajstić information content (AvgIpc) is 2.82. The van der Waals surface area contributed by atoms with Crippen LogP contribution in [0.25, 0.3) is 0 Å². The van der Waals surface area contributed by atoms with Crippen molar-refractivity contribution in [2.24, 2.45) is 0 Å². The van der Waals surface area contributed by atoms with E-state index in [0.717, 1.165) is 42.6 Å². The molecule has 0 radical (unpaired) electrons. The monoisotopic (exact) mass is 436 g/mol. The summed E-state index contributed by atoms with van der Waals surface area (Å²) in [5, 5.41) is 3.16. The smallest absolute Gasteiger partial charge is 0.261 e. The number of carbonyl (C=O) groups is 2. The van der Waals surface area contributed by atoms with Gasteiger partial charge in [0.15, 0.2) is 6.61 Å². The molecular formula is C27H36N2O3. The number of carbonyl (C=O) groups excluding carboxylic acids is 2. The first-order valence-corrected chi connectivity index (χ1v) is 11.8. The highest BCUT2D eigenvalue weighted by molar-refractivity contribution is 5.88. The molecule has 2 aromatic carbocycles. The molecule has 5 heteroatoms. The van der Waals surface area contributed by atoms with Gasteiger partial charge in [-0.15, -0.1) is 0 Å². The summed E-state index contributed by atoms with van der Waals surface area (Å²) in [4.78, 5) is 27.9. The fourth-order valence-electron chi connectivity index (χ4n) is 4.24. The van der Waals surface area contributed by atoms with Crippen LogP contribution < -0.4 is 10.1 Å². The predicted octanol–water partition coefficient (Wildman–Crippen LogP) is 5.06. The van der Waals surface area contributed by atoms with Crippen molar-refractivity contribution >= 4 is 11.8 Å². The molecule has 1 saturated carbocycles. The molecule has 1 fully saturated rings. The molecule has 2 amide bonds. The van der Waals surface area contributed by atoms with Gasteiger partial charge in [-0.25, -0.2) is 0 Å². The maximum Gasteiger partial charge on any atom is 0.261 e. The molecule has 1 aliphatic rings. The fraction of sp³-hybridized carbons (Fsp3) is 0.481. The first kappa shape index (κ1) is 23.8. The minimum Gasteiger partial charge on any atom is -0.483 e. The summed E-state index contributed by atoms with van der Waals surface area (Å²) in [6.07, 6.45) is 5.56. The Labute approximate surface area is 192 Å². The third-order valence-corrected chi connectivity index (χ3v) is 6.21. The van der Waals surface area contributed by atoms with E-state index < -0.39 is 6.04 Å². The first-order valence-electron chi connectivity index (χ1n) is 11.8. The quantitative estimate of drug-likeness (QED) is 0.598. The second kappa shape index (κ2) is 11.7. The molecule has 0 spiro atoms. The van der Waals surface area contributed by atoms with Gasteiger partial charge in [-0.05, 0) is 42.9 Å². The molecular weight excluding hydrogens is 400 g/mol. The van der Waals surface area contributed by atoms with Crippen LogP contribution in [-0.2, 0) is 16.1 Å². The molecule has 172 valence electrons. The van der Waals surface area contributed by atoms with Crippen LogP contribution >= 0.6 is 0 Å². The van der Waals surface area contributed by atoms with Crippen molar-refractivity contribution in [1.82, 2.24) is 10.2 Å². The summed E-state index contributed by atoms with van der Waals surface area (Å²) < 4.78 is 5.94. The molecule has 1 unspecified atom stereocenters. The topological polar surface area (TPSA) is 58.6 Å². The molecule has 0 bridgehead atoms. The third kappa shape index (κ3) is 6.59. The van der Waals surface area contributed by atoms with Gasteiger partial charge < -0.3 is 15.0 Å². The van der Waals surface area contributed by atoms with E-state index in [9.17, 15) is 9.59 Å². The van der Waals surface area contributed by atoms with Gasteiger partial charge in [-0.2, -0.15) is 0 Å². The van der Waals surface area contributed by atoms with Crippen molar-refractivity contribution < 1.29 is 14.3 Å². The largest absolute Gasteiger partial charge is 0.483 e. The minimum absolute atomic E-state index is 0.0937. The average molecular weight is 437 g/mol. The molecule has 32 heavy (non-hydrogen) atoms. The summed E-state index contributed by atoms with van der Waals surface area (Å²) in [7, 11) is 0. The van der Waals surface area contributed by atoms with E-state index >= 15 is 0 Å². The molecule has 0 aliphatic heterocycles. The van der Waals surface area contributed by atoms with Gasteiger partial charge in [-0.1, -0.05) is 81.6 Å². The highest BCUT2D eigenvalue weighted by Gasteiger charge is 2.28. The van der Waals surface area contributed by atoms with Crippen molar-refractivity contribution in [3.05, 3.63) is 65.7 Å². The summed E-state index contributed by atoms with van der Waals surface area (Å²) >= 11 is 0. The lowest BCUT2D eigenvalue weighted by Gasteiger charge is -2.31. The zero-order chi connectivity index (χ0) is 22.9. The van der Waals surface area contributed by atoms with E-state index in [0.29, 0.717) is 12.5 Å². The molecule has 1 N–H and O–H groups in total. The predicted molar refractivity (Wildman–Crippen MR) is 127 cm³/mol. The Hall–Kier alpha value is -2.82. The Kier molecular flexibility index (Phi) is 8.72. The number of hydrogen-bond donors (Lipinski definition) is 1. The number of rotatable bonds is 9. The zero-order valence-electron chi connectivity index (χ0n) is 19.5. The molecule has 0 saturated heterocycles. The molecule has 2 aromatic rings. The summed E-state index contributed by atoms with van der Waals surface area (Å²) in [6.45, 7) is 6.28. The summed E-state index contributed by atoms with van der Waals surface area (Å²) in [5.41, 5.74) is 2.05. The Morgan fingerprint density at radius 2 is 1.62 bits per heavy atom. The van der Waals surface area contributed by atoms with Crippen molar-refractivity contribution in [2.45, 2.75) is 77.4 Å². The Bertz CT molecular complexity index is 875. The highest BCUT2D eigenvalue weighted by Crippen LogP contribution is 2.26. The SMILES string of the molecule is CC(C)c1ccccc1OCC(=O)N(Cc1ccccc1)C(C)C(=O)NC1CCCCC1. The lowest BCUT2D eigenvalue weighted by atomic mass is 9.95. The second-order valence-electron chi connectivity index (χ2n) is 9.01. The molecule has 1 aliphatic carbocycles. The van der Waals surface area contributed by atoms with Gasteiger partial charge in [0.25, 0.3) is 5.91 Å². The van der Waals surface area contributed by atoms with Crippen LogP contribution in [0.3, 0.4) is 0 Å². The van der Waals surface area contributed by atoms with Gasteiger partial charge in [0.2, 0.25) is 5.91 Å². The molecule has 3 rings (SSSR count). The zero-order valence-corrected chi connectivity index (χ0v) is 19.5. The number of hydrogen-bond acceptors (Lipinski definition) is 3. The van der Waals surface area contributed by atoms with Gasteiger partial charge in [-0.3, -0.25) is 9.59 Å². The number of benzene rings is 2. The maximum atomic E-state index is 13.3. The first-order chi connectivity index (χ1) is 15.5. The number of ether oxygens (including phenoxy) is 1. The van der Waals surface area contributed by atoms with E-state index in [2.05, 4.69) is 19.2 Å². The Morgan fingerprint density at radius 3 is 2.31 bits per heavy atom. The van der Waals surface area contributed by atoms with Gasteiger partial charge >= 0.3 is 0 Å². The molecule has 1 atom stereocenters. The Morgan fingerprint density at radius 1 is 0.969 bits per heavy atom. The number of amides is 2. The fourth-order valence-corrected chi connectivity index (χ4v) is 4.24. The van der Waals surface area contributed by atoms with E-state index in [4.69, 9.17) is 4.74 Å². The summed E-state index contributed by atoms with van der Waals surface area (Å²) in [6, 6.07) is 17.2. The molecule has 5 nitrogen and oxygen atoms in total. The van der Waals surface area contributed by atoms with Crippen LogP contribution in [0.2, 0.25) is 0 Å². The second-order valence-corrected chi connectivity index (χ2v) is 9.01. The van der Waals surface area contributed by atoms with Crippen LogP contribution in [0.15, 0.2) is 54.6 Å². The summed E-state index contributed by atoms with van der Waals surface area (Å²) in [5.74, 6) is 0.721. The number of para-hydroxylation sites is 1. The van der Waals surface area contributed by atoms with Gasteiger partial charge in [0, 0.05) is 12.6 Å². The van der Waals surface area contributed by atoms with Crippen LogP contribution in [0.5, 0.6) is 5.75 Å². The lowest BCUT2D eigenvalue weighted by molar-refractivity contribution is -0.142. The van der Waals surface area contributed by atoms with Crippen molar-refractivity contribution in [1.29, 1.82) is 0 Å². The van der Waals surface area contributed by atoms with E-state index in [1.54, 1.807) is 11.8 Å². The van der Waals surface area contributed by atoms with Crippen LogP contribution in [0.1, 0.15) is 69.9 Å². The maximum absolute atomic E-state index is 13.3. The number of nitrogens with one attached hydrogen (secondary N) is 1. The van der Waals surface area contributed by atoms with Gasteiger partial charge in [0.05, 0.1) is 0 Å². The third-order valence-electron chi connectivity index (χ3n) is 6.21. The lowest BCUT2D eigenvalue weighted by Crippen LogP contribution is -2.51. The minimum atomic E-state index is -0.575. The van der Waals surface area contributed by atoms with E-state index in [1.165, 1.54) is 6.42 Å². The van der Waals surface area contributed by atoms with Crippen LogP contribution in [-0.4, -0.2) is 35.4 Å². The molecule has 0 heterocycles. The van der Waals surface area contributed by atoms with Crippen LogP contribution in [0, 0.1) is 0 Å². The Balaban J connectivity index is 1.71. The van der Waals surface area contributed by atoms with E-state index in [-0.39, 0.29) is 24.5 Å². The molecule has 0 aromatic heterocycles. The number of nitrogens with zero attached hydrogens (tertiary/aromatic N) is 1. The van der Waals surface area contributed by atoms with E-state index in [1.807, 2.05) is 54.6 Å². The van der Waals surface area contributed by atoms with Crippen LogP contribution in [0.4, 0.5) is 0 Å². The van der Waals surface area contributed by atoms with Gasteiger partial charge in [0.1, 0.15) is 11.8 Å². The van der Waals surface area contributed by atoms with Crippen molar-refractivity contribution in [2.75, 3.05) is 6.61 Å².